The van der Waals surface area contributed by atoms with Gasteiger partial charge >= 0.3 is 0 Å². The van der Waals surface area contributed by atoms with E-state index >= 15 is 0 Å². The topological polar surface area (TPSA) is 31.4 Å². The van der Waals surface area contributed by atoms with Gasteiger partial charge in [-0.25, -0.2) is 0 Å². The average Bonchev–Trinajstić information content (AvgIpc) is 3.50. The zero-order valence-electron chi connectivity index (χ0n) is 25.9. The third-order valence-electron chi connectivity index (χ3n) is 10.2. The maximum absolute atomic E-state index is 7.35. The smallest absolute Gasteiger partial charge is 0.111 e. The molecule has 0 radical (unpaired) electrons. The fourth-order valence-electron chi connectivity index (χ4n) is 7.26. The Morgan fingerprint density at radius 2 is 1.59 bits per heavy atom. The lowest BCUT2D eigenvalue weighted by Gasteiger charge is -2.49. The van der Waals surface area contributed by atoms with Crippen LogP contribution in [0.1, 0.15) is 157 Å². The summed E-state index contributed by atoms with van der Waals surface area (Å²) in [6, 6.07) is 9.42. The number of fused-ring (bicyclic) bond motifs is 4. The number of rotatable bonds is 5. The largest absolute Gasteiger partial charge is 0.358 e. The van der Waals surface area contributed by atoms with Crippen LogP contribution in [0.15, 0.2) is 24.3 Å². The third-order valence-corrected chi connectivity index (χ3v) is 13.9. The lowest BCUT2D eigenvalue weighted by atomic mass is 9.70. The van der Waals surface area contributed by atoms with Crippen LogP contribution in [0.4, 0.5) is 0 Å². The monoisotopic (exact) mass is 549 g/mol. The molecule has 2 aromatic rings. The summed E-state index contributed by atoms with van der Waals surface area (Å²) in [5.74, 6) is 1.12. The molecule has 2 fully saturated rings. The van der Waals surface area contributed by atoms with E-state index in [9.17, 15) is 0 Å². The first-order valence-corrected chi connectivity index (χ1v) is 17.8. The molecule has 0 N–H and O–H groups in total. The van der Waals surface area contributed by atoms with Crippen LogP contribution < -0.4 is 0 Å². The molecule has 2 unspecified atom stereocenters. The van der Waals surface area contributed by atoms with Crippen molar-refractivity contribution in [3.63, 3.8) is 0 Å². The fourth-order valence-corrected chi connectivity index (χ4v) is 8.29. The second-order valence-electron chi connectivity index (χ2n) is 15.4. The van der Waals surface area contributed by atoms with Gasteiger partial charge in [-0.15, -0.1) is 10.3 Å². The average molecular weight is 550 g/mol. The molecular formula is C35H51NO2S. The van der Waals surface area contributed by atoms with Gasteiger partial charge in [0.05, 0.1) is 11.7 Å². The second-order valence-corrected chi connectivity index (χ2v) is 19.3. The number of nitrogens with zero attached hydrogens (tertiary/aromatic N) is 1. The summed E-state index contributed by atoms with van der Waals surface area (Å²) < 4.78 is 14.8. The second kappa shape index (κ2) is 9.33. The standard InChI is InChI=1S/C35H51NO2S/c1-22(2)31-29-30(28-26(36-31)20-34(6,7)21-27(28)38-39(8,9)33(3,4)5)35(18-10-11-19-35)37-32(29)25-16-14-24(15-17-25)23-12-13-23/h14-17,22-23,27,32H,10-13,18-21H2,1-9H3. The van der Waals surface area contributed by atoms with E-state index in [1.165, 1.54) is 64.9 Å². The summed E-state index contributed by atoms with van der Waals surface area (Å²) in [7, 11) is -1.31. The first kappa shape index (κ1) is 27.8. The predicted octanol–water partition coefficient (Wildman–Crippen LogP) is 9.78. The quantitative estimate of drug-likeness (QED) is 0.372. The first-order chi connectivity index (χ1) is 18.2. The molecule has 1 aromatic heterocycles. The molecule has 6 rings (SSSR count). The molecule has 4 aliphatic rings. The summed E-state index contributed by atoms with van der Waals surface area (Å²) in [5, 5.41) is 0. The summed E-state index contributed by atoms with van der Waals surface area (Å²) in [4.78, 5) is 5.56. The van der Waals surface area contributed by atoms with Crippen LogP contribution in [0.5, 0.6) is 0 Å². The van der Waals surface area contributed by atoms with Crippen molar-refractivity contribution in [2.75, 3.05) is 12.5 Å². The van der Waals surface area contributed by atoms with Gasteiger partial charge in [-0.05, 0) is 85.0 Å². The Morgan fingerprint density at radius 3 is 2.15 bits per heavy atom. The van der Waals surface area contributed by atoms with Gasteiger partial charge in [0.15, 0.2) is 0 Å². The summed E-state index contributed by atoms with van der Waals surface area (Å²) in [6.45, 7) is 16.5. The van der Waals surface area contributed by atoms with E-state index in [0.29, 0.717) is 5.92 Å². The third kappa shape index (κ3) is 4.81. The Bertz CT molecular complexity index is 1240. The highest BCUT2D eigenvalue weighted by molar-refractivity contribution is 8.29. The summed E-state index contributed by atoms with van der Waals surface area (Å²) in [5.41, 5.74) is 9.52. The van der Waals surface area contributed by atoms with E-state index in [-0.39, 0.29) is 28.0 Å². The molecule has 1 aromatic carbocycles. The molecule has 214 valence electrons. The van der Waals surface area contributed by atoms with Crippen molar-refractivity contribution in [2.45, 2.75) is 134 Å². The normalized spacial score (nSPS) is 26.2. The van der Waals surface area contributed by atoms with Crippen LogP contribution in [-0.4, -0.2) is 22.2 Å². The van der Waals surface area contributed by atoms with Gasteiger partial charge in [-0.2, -0.15) is 0 Å². The predicted molar refractivity (Wildman–Crippen MR) is 165 cm³/mol. The van der Waals surface area contributed by atoms with Crippen LogP contribution >= 0.6 is 10.3 Å². The minimum absolute atomic E-state index is 0.0416. The van der Waals surface area contributed by atoms with Crippen molar-refractivity contribution in [3.05, 3.63) is 63.5 Å². The van der Waals surface area contributed by atoms with E-state index < -0.39 is 10.3 Å². The Morgan fingerprint density at radius 1 is 0.974 bits per heavy atom. The fraction of sp³-hybridized carbons (Fsp3) is 0.686. The molecule has 4 heteroatoms. The Kier molecular flexibility index (Phi) is 6.65. The van der Waals surface area contributed by atoms with Gasteiger partial charge in [0, 0.05) is 27.3 Å². The Balaban J connectivity index is 1.56. The maximum atomic E-state index is 7.35. The Labute approximate surface area is 239 Å². The molecule has 0 saturated heterocycles. The van der Waals surface area contributed by atoms with Gasteiger partial charge in [-0.1, -0.05) is 85.6 Å². The number of hydrogen-bond acceptors (Lipinski definition) is 3. The highest BCUT2D eigenvalue weighted by Crippen LogP contribution is 2.63. The molecule has 39 heavy (non-hydrogen) atoms. The van der Waals surface area contributed by atoms with Crippen molar-refractivity contribution < 1.29 is 8.92 Å². The molecule has 2 heterocycles. The number of aromatic nitrogens is 1. The molecular weight excluding hydrogens is 498 g/mol. The van der Waals surface area contributed by atoms with Crippen molar-refractivity contribution in [1.29, 1.82) is 0 Å². The van der Waals surface area contributed by atoms with E-state index in [1.54, 1.807) is 0 Å². The zero-order valence-corrected chi connectivity index (χ0v) is 26.8. The van der Waals surface area contributed by atoms with E-state index in [4.69, 9.17) is 13.9 Å². The molecule has 0 amide bonds. The maximum Gasteiger partial charge on any atom is 0.111 e. The Hall–Kier alpha value is -1.36. The number of ether oxygens (including phenoxy) is 1. The lowest BCUT2D eigenvalue weighted by molar-refractivity contribution is -0.0577. The molecule has 3 aliphatic carbocycles. The van der Waals surface area contributed by atoms with E-state index in [1.807, 2.05) is 0 Å². The van der Waals surface area contributed by atoms with Gasteiger partial charge in [-0.3, -0.25) is 4.98 Å². The molecule has 0 bridgehead atoms. The van der Waals surface area contributed by atoms with Crippen molar-refractivity contribution in [2.24, 2.45) is 5.41 Å². The highest BCUT2D eigenvalue weighted by atomic mass is 32.3. The lowest BCUT2D eigenvalue weighted by Crippen LogP contribution is -2.35. The van der Waals surface area contributed by atoms with Gasteiger partial charge < -0.3 is 8.92 Å². The van der Waals surface area contributed by atoms with Gasteiger partial charge in [0.2, 0.25) is 0 Å². The zero-order chi connectivity index (χ0) is 28.0. The highest BCUT2D eigenvalue weighted by Gasteiger charge is 2.53. The van der Waals surface area contributed by atoms with Gasteiger partial charge in [0.1, 0.15) is 6.10 Å². The van der Waals surface area contributed by atoms with Crippen LogP contribution in [0.2, 0.25) is 0 Å². The SMILES string of the molecule is CC(C)c1nc2c(c3c1C(c1ccc(C4CC4)cc1)OC31CCCC1)C(OS(C)(C)C(C)(C)C)CC(C)(C)C2. The molecule has 1 spiro atoms. The van der Waals surface area contributed by atoms with Crippen LogP contribution in [0.25, 0.3) is 0 Å². The molecule has 3 nitrogen and oxygen atoms in total. The van der Waals surface area contributed by atoms with Gasteiger partial charge in [0.25, 0.3) is 0 Å². The van der Waals surface area contributed by atoms with E-state index in [0.717, 1.165) is 31.6 Å². The van der Waals surface area contributed by atoms with Crippen molar-refractivity contribution in [3.8, 4) is 0 Å². The van der Waals surface area contributed by atoms with Crippen molar-refractivity contribution >= 4 is 10.3 Å². The molecule has 2 atom stereocenters. The first-order valence-electron chi connectivity index (χ1n) is 15.5. The van der Waals surface area contributed by atoms with Crippen LogP contribution in [-0.2, 0) is 20.9 Å². The number of benzene rings is 1. The minimum Gasteiger partial charge on any atom is -0.358 e. The number of hydrogen-bond donors (Lipinski definition) is 0. The minimum atomic E-state index is -1.31. The molecule has 2 saturated carbocycles. The van der Waals surface area contributed by atoms with E-state index in [2.05, 4.69) is 85.2 Å². The molecule has 1 aliphatic heterocycles. The van der Waals surface area contributed by atoms with Crippen LogP contribution in [0.3, 0.4) is 0 Å². The summed E-state index contributed by atoms with van der Waals surface area (Å²) >= 11 is 0. The summed E-state index contributed by atoms with van der Waals surface area (Å²) in [6.07, 6.45) is 14.1. The van der Waals surface area contributed by atoms with Crippen molar-refractivity contribution in [1.82, 2.24) is 4.98 Å². The number of pyridine rings is 1. The van der Waals surface area contributed by atoms with Crippen LogP contribution in [0, 0.1) is 5.41 Å².